The Morgan fingerprint density at radius 2 is 1.87 bits per heavy atom. The van der Waals surface area contributed by atoms with Crippen molar-refractivity contribution >= 4 is 22.7 Å². The Labute approximate surface area is 226 Å². The lowest BCUT2D eigenvalue weighted by molar-refractivity contribution is -0.144. The number of nitrogens with zero attached hydrogens (tertiary/aromatic N) is 6. The quantitative estimate of drug-likeness (QED) is 0.344. The molecule has 1 saturated heterocycles. The van der Waals surface area contributed by atoms with Crippen LogP contribution in [0.1, 0.15) is 62.1 Å². The standard InChI is InChI=1S/C30H32N6O3/c1-2-39-27(38)16-36-28(19-6-5-7-19)29(33-34-36)35-17-30(18-35)14-22(15-30)20-10-11-21-13-25(32-31-24(21)12-20)23-8-3-4-9-26(23)37/h3-4,8-13,19,22,37H,2,5-7,14-18H2,1H3. The van der Waals surface area contributed by atoms with E-state index in [0.717, 1.165) is 61.2 Å². The van der Waals surface area contributed by atoms with Crippen molar-refractivity contribution in [3.8, 4) is 17.0 Å². The maximum atomic E-state index is 12.1. The number of esters is 1. The van der Waals surface area contributed by atoms with Crippen molar-refractivity contribution in [2.75, 3.05) is 24.6 Å². The normalized spacial score (nSPS) is 18.5. The summed E-state index contributed by atoms with van der Waals surface area (Å²) in [5.41, 5.74) is 4.98. The maximum absolute atomic E-state index is 12.1. The van der Waals surface area contributed by atoms with E-state index < -0.39 is 0 Å². The van der Waals surface area contributed by atoms with Crippen molar-refractivity contribution in [3.05, 3.63) is 59.8 Å². The molecule has 1 N–H and O–H groups in total. The van der Waals surface area contributed by atoms with Gasteiger partial charge in [-0.3, -0.25) is 4.79 Å². The molecular weight excluding hydrogens is 492 g/mol. The highest BCUT2D eigenvalue weighted by Crippen LogP contribution is 2.57. The first-order valence-electron chi connectivity index (χ1n) is 13.9. The molecule has 1 aliphatic heterocycles. The van der Waals surface area contributed by atoms with Gasteiger partial charge in [-0.15, -0.1) is 15.3 Å². The number of aromatic hydroxyl groups is 1. The molecule has 2 saturated carbocycles. The number of fused-ring (bicyclic) bond motifs is 1. The highest BCUT2D eigenvalue weighted by atomic mass is 16.5. The van der Waals surface area contributed by atoms with Crippen LogP contribution >= 0.6 is 0 Å². The third kappa shape index (κ3) is 4.20. The van der Waals surface area contributed by atoms with Crippen LogP contribution in [0.3, 0.4) is 0 Å². The van der Waals surface area contributed by atoms with Gasteiger partial charge in [0.15, 0.2) is 5.82 Å². The number of hydrogen-bond acceptors (Lipinski definition) is 8. The van der Waals surface area contributed by atoms with Crippen LogP contribution in [0.4, 0.5) is 5.82 Å². The number of benzene rings is 2. The number of anilines is 1. The van der Waals surface area contributed by atoms with Crippen LogP contribution in [0.5, 0.6) is 5.75 Å². The molecule has 1 spiro atoms. The summed E-state index contributed by atoms with van der Waals surface area (Å²) in [6.45, 7) is 4.30. The first-order chi connectivity index (χ1) is 19.0. The third-order valence-corrected chi connectivity index (χ3v) is 8.81. The SMILES string of the molecule is CCOC(=O)Cn1nnc(N2CC3(CC(c4ccc5cc(-c6ccccc6O)nnc5c4)C3)C2)c1C1CCC1. The van der Waals surface area contributed by atoms with Gasteiger partial charge >= 0.3 is 5.97 Å². The zero-order valence-electron chi connectivity index (χ0n) is 22.1. The number of ether oxygens (including phenoxy) is 1. The first kappa shape index (κ1) is 24.1. The van der Waals surface area contributed by atoms with Crippen molar-refractivity contribution in [2.24, 2.45) is 5.41 Å². The van der Waals surface area contributed by atoms with Gasteiger partial charge in [-0.1, -0.05) is 35.9 Å². The molecule has 39 heavy (non-hydrogen) atoms. The van der Waals surface area contributed by atoms with Crippen molar-refractivity contribution in [1.82, 2.24) is 25.2 Å². The number of para-hydroxylation sites is 1. The van der Waals surface area contributed by atoms with Gasteiger partial charge in [0.2, 0.25) is 0 Å². The summed E-state index contributed by atoms with van der Waals surface area (Å²) < 4.78 is 6.92. The molecule has 0 amide bonds. The fourth-order valence-corrected chi connectivity index (χ4v) is 6.58. The van der Waals surface area contributed by atoms with Crippen molar-refractivity contribution < 1.29 is 14.6 Å². The molecule has 9 heteroatoms. The minimum Gasteiger partial charge on any atom is -0.507 e. The topological polar surface area (TPSA) is 106 Å². The Hall–Kier alpha value is -4.01. The molecule has 4 aromatic rings. The summed E-state index contributed by atoms with van der Waals surface area (Å²) >= 11 is 0. The summed E-state index contributed by atoms with van der Waals surface area (Å²) in [4.78, 5) is 14.5. The smallest absolute Gasteiger partial charge is 0.327 e. The van der Waals surface area contributed by atoms with Gasteiger partial charge in [0, 0.05) is 35.4 Å². The molecular formula is C30H32N6O3. The van der Waals surface area contributed by atoms with Crippen LogP contribution in [-0.4, -0.2) is 56.0 Å². The second-order valence-corrected chi connectivity index (χ2v) is 11.4. The second kappa shape index (κ2) is 9.32. The molecule has 200 valence electrons. The fraction of sp³-hybridized carbons (Fsp3) is 0.433. The van der Waals surface area contributed by atoms with Gasteiger partial charge < -0.3 is 14.7 Å². The summed E-state index contributed by atoms with van der Waals surface area (Å²) in [5.74, 6) is 1.85. The molecule has 0 atom stereocenters. The Morgan fingerprint density at radius 3 is 2.62 bits per heavy atom. The van der Waals surface area contributed by atoms with E-state index in [4.69, 9.17) is 4.74 Å². The van der Waals surface area contributed by atoms with E-state index in [1.165, 1.54) is 12.0 Å². The number of carbonyl (C=O) groups excluding carboxylic acids is 1. The van der Waals surface area contributed by atoms with E-state index in [0.29, 0.717) is 35.1 Å². The molecule has 3 aliphatic rings. The van der Waals surface area contributed by atoms with Crippen LogP contribution in [-0.2, 0) is 16.1 Å². The molecule has 2 aliphatic carbocycles. The largest absolute Gasteiger partial charge is 0.507 e. The third-order valence-electron chi connectivity index (χ3n) is 8.81. The number of rotatable bonds is 7. The molecule has 0 radical (unpaired) electrons. The zero-order valence-corrected chi connectivity index (χ0v) is 22.1. The number of aromatic nitrogens is 5. The molecule has 3 fully saturated rings. The van der Waals surface area contributed by atoms with E-state index in [2.05, 4.69) is 43.6 Å². The number of carbonyl (C=O) groups is 1. The van der Waals surface area contributed by atoms with Crippen molar-refractivity contribution in [3.63, 3.8) is 0 Å². The number of phenolic OH excluding ortho intramolecular Hbond substituents is 1. The van der Waals surface area contributed by atoms with Crippen molar-refractivity contribution in [1.29, 1.82) is 0 Å². The molecule has 0 bridgehead atoms. The number of phenols is 1. The molecule has 7 rings (SSSR count). The van der Waals surface area contributed by atoms with Crippen LogP contribution in [0.15, 0.2) is 48.5 Å². The van der Waals surface area contributed by atoms with E-state index in [1.54, 1.807) is 16.8 Å². The van der Waals surface area contributed by atoms with Crippen LogP contribution in [0.25, 0.3) is 22.2 Å². The lowest BCUT2D eigenvalue weighted by atomic mass is 9.56. The Bertz CT molecular complexity index is 1550. The second-order valence-electron chi connectivity index (χ2n) is 11.4. The average molecular weight is 525 g/mol. The monoisotopic (exact) mass is 524 g/mol. The van der Waals surface area contributed by atoms with Crippen molar-refractivity contribution in [2.45, 2.75) is 57.4 Å². The van der Waals surface area contributed by atoms with E-state index in [1.807, 2.05) is 25.1 Å². The Balaban J connectivity index is 1.03. The zero-order chi connectivity index (χ0) is 26.6. The summed E-state index contributed by atoms with van der Waals surface area (Å²) in [7, 11) is 0. The molecule has 9 nitrogen and oxygen atoms in total. The summed E-state index contributed by atoms with van der Waals surface area (Å²) in [5, 5.41) is 28.9. The minimum absolute atomic E-state index is 0.132. The highest BCUT2D eigenvalue weighted by molar-refractivity contribution is 5.83. The molecule has 3 heterocycles. The van der Waals surface area contributed by atoms with Gasteiger partial charge in [0.1, 0.15) is 12.3 Å². The first-order valence-corrected chi connectivity index (χ1v) is 13.9. The molecule has 2 aromatic carbocycles. The lowest BCUT2D eigenvalue weighted by Gasteiger charge is -2.59. The Morgan fingerprint density at radius 1 is 1.05 bits per heavy atom. The van der Waals surface area contributed by atoms with Gasteiger partial charge in [-0.25, -0.2) is 4.68 Å². The molecule has 2 aromatic heterocycles. The lowest BCUT2D eigenvalue weighted by Crippen LogP contribution is -2.62. The van der Waals surface area contributed by atoms with E-state index >= 15 is 0 Å². The minimum atomic E-state index is -0.258. The van der Waals surface area contributed by atoms with E-state index in [-0.39, 0.29) is 18.3 Å². The van der Waals surface area contributed by atoms with Crippen LogP contribution in [0.2, 0.25) is 0 Å². The van der Waals surface area contributed by atoms with Crippen LogP contribution < -0.4 is 4.90 Å². The summed E-state index contributed by atoms with van der Waals surface area (Å²) in [6, 6.07) is 15.7. The summed E-state index contributed by atoms with van der Waals surface area (Å²) in [6.07, 6.45) is 5.76. The highest BCUT2D eigenvalue weighted by Gasteiger charge is 2.54. The van der Waals surface area contributed by atoms with Crippen LogP contribution in [0, 0.1) is 5.41 Å². The number of hydrogen-bond donors (Lipinski definition) is 1. The maximum Gasteiger partial charge on any atom is 0.327 e. The van der Waals surface area contributed by atoms with Gasteiger partial charge in [0.25, 0.3) is 0 Å². The van der Waals surface area contributed by atoms with Gasteiger partial charge in [0.05, 0.1) is 23.5 Å². The fourth-order valence-electron chi connectivity index (χ4n) is 6.58. The van der Waals surface area contributed by atoms with E-state index in [9.17, 15) is 9.90 Å². The average Bonchev–Trinajstić information content (AvgIpc) is 3.23. The van der Waals surface area contributed by atoms with Gasteiger partial charge in [-0.05, 0) is 68.4 Å². The molecule has 0 unspecified atom stereocenters. The predicted octanol–water partition coefficient (Wildman–Crippen LogP) is 4.81. The predicted molar refractivity (Wildman–Crippen MR) is 147 cm³/mol. The van der Waals surface area contributed by atoms with Gasteiger partial charge in [-0.2, -0.15) is 0 Å². The Kier molecular flexibility index (Phi) is 5.75.